The Hall–Kier alpha value is -0.970. The molecule has 0 radical (unpaired) electrons. The Kier molecular flexibility index (Phi) is 4.20. The number of carbonyl (C=O) groups is 1. The first-order chi connectivity index (χ1) is 7.04. The number of hydrogen-bond donors (Lipinski definition) is 1. The zero-order valence-electron chi connectivity index (χ0n) is 9.23. The highest BCUT2D eigenvalue weighted by Crippen LogP contribution is 2.18. The second kappa shape index (κ2) is 5.21. The summed E-state index contributed by atoms with van der Waals surface area (Å²) in [5, 5.41) is 13.4. The molecule has 15 heavy (non-hydrogen) atoms. The van der Waals surface area contributed by atoms with E-state index < -0.39 is 5.97 Å². The highest BCUT2D eigenvalue weighted by Gasteiger charge is 2.12. The van der Waals surface area contributed by atoms with Crippen LogP contribution >= 0.6 is 11.8 Å². The summed E-state index contributed by atoms with van der Waals surface area (Å²) in [6.07, 6.45) is 0. The first-order valence-electron chi connectivity index (χ1n) is 4.96. The Morgan fingerprint density at radius 1 is 1.67 bits per heavy atom. The fourth-order valence-electron chi connectivity index (χ4n) is 1.20. The van der Waals surface area contributed by atoms with Crippen LogP contribution < -0.4 is 0 Å². The Balaban J connectivity index is 2.81. The van der Waals surface area contributed by atoms with E-state index in [0.717, 1.165) is 11.4 Å². The molecular weight excluding hydrogens is 212 g/mol. The van der Waals surface area contributed by atoms with Crippen molar-refractivity contribution < 1.29 is 9.90 Å². The average Bonchev–Trinajstić information content (AvgIpc) is 2.57. The SMILES string of the molecule is CCn1nc(C(=O)O)cc1CSC(C)C. The van der Waals surface area contributed by atoms with E-state index in [2.05, 4.69) is 18.9 Å². The van der Waals surface area contributed by atoms with E-state index in [9.17, 15) is 4.79 Å². The topological polar surface area (TPSA) is 55.1 Å². The Morgan fingerprint density at radius 3 is 2.80 bits per heavy atom. The average molecular weight is 228 g/mol. The summed E-state index contributed by atoms with van der Waals surface area (Å²) in [4.78, 5) is 10.7. The molecule has 0 saturated heterocycles. The molecule has 1 rings (SSSR count). The number of thioether (sulfide) groups is 1. The summed E-state index contributed by atoms with van der Waals surface area (Å²) >= 11 is 1.79. The van der Waals surface area contributed by atoms with Crippen molar-refractivity contribution in [3.05, 3.63) is 17.5 Å². The monoisotopic (exact) mass is 228 g/mol. The summed E-state index contributed by atoms with van der Waals surface area (Å²) < 4.78 is 1.75. The molecule has 0 amide bonds. The normalized spacial score (nSPS) is 10.9. The number of hydrogen-bond acceptors (Lipinski definition) is 3. The lowest BCUT2D eigenvalue weighted by Crippen LogP contribution is -2.04. The molecule has 0 atom stereocenters. The van der Waals surface area contributed by atoms with Crippen LogP contribution in [0.5, 0.6) is 0 Å². The third-order valence-corrected chi connectivity index (χ3v) is 3.08. The van der Waals surface area contributed by atoms with Gasteiger partial charge in [0.25, 0.3) is 0 Å². The minimum Gasteiger partial charge on any atom is -0.476 e. The van der Waals surface area contributed by atoms with Gasteiger partial charge in [-0.25, -0.2) is 4.79 Å². The maximum Gasteiger partial charge on any atom is 0.356 e. The molecule has 0 spiro atoms. The third kappa shape index (κ3) is 3.27. The van der Waals surface area contributed by atoms with Crippen molar-refractivity contribution in [1.82, 2.24) is 9.78 Å². The van der Waals surface area contributed by atoms with Gasteiger partial charge in [-0.2, -0.15) is 16.9 Å². The van der Waals surface area contributed by atoms with E-state index >= 15 is 0 Å². The molecule has 0 aliphatic rings. The summed E-state index contributed by atoms with van der Waals surface area (Å²) in [6, 6.07) is 1.65. The zero-order chi connectivity index (χ0) is 11.4. The van der Waals surface area contributed by atoms with Gasteiger partial charge in [0, 0.05) is 18.0 Å². The highest BCUT2D eigenvalue weighted by molar-refractivity contribution is 7.99. The molecule has 5 heteroatoms. The quantitative estimate of drug-likeness (QED) is 0.839. The molecular formula is C10H16N2O2S. The predicted octanol–water partition coefficient (Wildman–Crippen LogP) is 2.24. The van der Waals surface area contributed by atoms with Gasteiger partial charge in [-0.1, -0.05) is 13.8 Å². The molecule has 0 saturated carbocycles. The van der Waals surface area contributed by atoms with Crippen LogP contribution in [-0.4, -0.2) is 26.1 Å². The van der Waals surface area contributed by atoms with Gasteiger partial charge >= 0.3 is 5.97 Å². The van der Waals surface area contributed by atoms with Crippen LogP contribution in [0.2, 0.25) is 0 Å². The van der Waals surface area contributed by atoms with Crippen molar-refractivity contribution >= 4 is 17.7 Å². The van der Waals surface area contributed by atoms with Crippen LogP contribution in [0.15, 0.2) is 6.07 Å². The van der Waals surface area contributed by atoms with Gasteiger partial charge in [-0.3, -0.25) is 4.68 Å². The van der Waals surface area contributed by atoms with Gasteiger partial charge in [-0.15, -0.1) is 0 Å². The smallest absolute Gasteiger partial charge is 0.356 e. The van der Waals surface area contributed by atoms with Crippen LogP contribution in [0, 0.1) is 0 Å². The van der Waals surface area contributed by atoms with E-state index in [0.29, 0.717) is 11.8 Å². The van der Waals surface area contributed by atoms with Crippen LogP contribution in [0.25, 0.3) is 0 Å². The van der Waals surface area contributed by atoms with Gasteiger partial charge in [0.15, 0.2) is 5.69 Å². The molecule has 4 nitrogen and oxygen atoms in total. The van der Waals surface area contributed by atoms with E-state index in [1.54, 1.807) is 22.5 Å². The summed E-state index contributed by atoms with van der Waals surface area (Å²) in [6.45, 7) is 6.91. The number of carboxylic acid groups (broad SMARTS) is 1. The predicted molar refractivity (Wildman–Crippen MR) is 61.3 cm³/mol. The van der Waals surface area contributed by atoms with Crippen LogP contribution in [-0.2, 0) is 12.3 Å². The van der Waals surface area contributed by atoms with Crippen molar-refractivity contribution in [2.45, 2.75) is 38.3 Å². The first-order valence-corrected chi connectivity index (χ1v) is 6.01. The van der Waals surface area contributed by atoms with Crippen molar-refractivity contribution in [3.8, 4) is 0 Å². The van der Waals surface area contributed by atoms with Gasteiger partial charge in [-0.05, 0) is 18.2 Å². The van der Waals surface area contributed by atoms with Crippen LogP contribution in [0.1, 0.15) is 37.0 Å². The van der Waals surface area contributed by atoms with E-state index in [-0.39, 0.29) is 5.69 Å². The number of rotatable bonds is 5. The molecule has 0 unspecified atom stereocenters. The lowest BCUT2D eigenvalue weighted by molar-refractivity contribution is 0.0689. The number of aromatic carboxylic acids is 1. The molecule has 0 fully saturated rings. The Bertz CT molecular complexity index is 347. The number of carboxylic acids is 1. The number of aromatic nitrogens is 2. The van der Waals surface area contributed by atoms with Crippen LogP contribution in [0.4, 0.5) is 0 Å². The van der Waals surface area contributed by atoms with Crippen molar-refractivity contribution in [1.29, 1.82) is 0 Å². The largest absolute Gasteiger partial charge is 0.476 e. The van der Waals surface area contributed by atoms with Crippen molar-refractivity contribution in [2.24, 2.45) is 0 Å². The molecule has 1 aromatic heterocycles. The Morgan fingerprint density at radius 2 is 2.33 bits per heavy atom. The van der Waals surface area contributed by atoms with Gasteiger partial charge in [0.2, 0.25) is 0 Å². The second-order valence-electron chi connectivity index (χ2n) is 3.50. The number of nitrogens with zero attached hydrogens (tertiary/aromatic N) is 2. The molecule has 0 aliphatic heterocycles. The minimum absolute atomic E-state index is 0.135. The number of aryl methyl sites for hydroxylation is 1. The summed E-state index contributed by atoms with van der Waals surface area (Å²) in [5.74, 6) is -0.149. The lowest BCUT2D eigenvalue weighted by Gasteiger charge is -2.05. The fraction of sp³-hybridized carbons (Fsp3) is 0.600. The molecule has 0 aromatic carbocycles. The first kappa shape index (κ1) is 12.1. The standard InChI is InChI=1S/C10H16N2O2S/c1-4-12-8(6-15-7(2)3)5-9(11-12)10(13)14/h5,7H,4,6H2,1-3H3,(H,13,14). The van der Waals surface area contributed by atoms with E-state index in [1.807, 2.05) is 6.92 Å². The molecule has 0 bridgehead atoms. The van der Waals surface area contributed by atoms with Crippen LogP contribution in [0.3, 0.4) is 0 Å². The fourth-order valence-corrected chi connectivity index (χ4v) is 1.94. The highest BCUT2D eigenvalue weighted by atomic mass is 32.2. The lowest BCUT2D eigenvalue weighted by atomic mass is 10.4. The Labute approximate surface area is 93.7 Å². The van der Waals surface area contributed by atoms with Gasteiger partial charge < -0.3 is 5.11 Å². The zero-order valence-corrected chi connectivity index (χ0v) is 10.0. The van der Waals surface area contributed by atoms with E-state index in [4.69, 9.17) is 5.11 Å². The maximum atomic E-state index is 10.7. The van der Waals surface area contributed by atoms with Gasteiger partial charge in [0.05, 0.1) is 0 Å². The summed E-state index contributed by atoms with van der Waals surface area (Å²) in [7, 11) is 0. The maximum absolute atomic E-state index is 10.7. The van der Waals surface area contributed by atoms with Gasteiger partial charge in [0.1, 0.15) is 0 Å². The molecule has 0 aliphatic carbocycles. The summed E-state index contributed by atoms with van der Waals surface area (Å²) in [5.41, 5.74) is 1.12. The molecule has 1 aromatic rings. The minimum atomic E-state index is -0.960. The molecule has 1 N–H and O–H groups in total. The third-order valence-electron chi connectivity index (χ3n) is 1.95. The van der Waals surface area contributed by atoms with Crippen molar-refractivity contribution in [2.75, 3.05) is 0 Å². The van der Waals surface area contributed by atoms with Crippen molar-refractivity contribution in [3.63, 3.8) is 0 Å². The molecule has 1 heterocycles. The second-order valence-corrected chi connectivity index (χ2v) is 5.07. The molecule has 84 valence electrons. The van der Waals surface area contributed by atoms with E-state index in [1.165, 1.54) is 0 Å².